The van der Waals surface area contributed by atoms with Gasteiger partial charge in [-0.2, -0.15) is 0 Å². The van der Waals surface area contributed by atoms with Crippen LogP contribution in [0, 0.1) is 5.82 Å². The monoisotopic (exact) mass is 411 g/mol. The van der Waals surface area contributed by atoms with E-state index < -0.39 is 0 Å². The number of aliphatic hydroxyl groups is 2. The number of benzene rings is 1. The van der Waals surface area contributed by atoms with Gasteiger partial charge in [0.25, 0.3) is 0 Å². The molecule has 1 atom stereocenters. The van der Waals surface area contributed by atoms with Crippen LogP contribution in [0.2, 0.25) is 0 Å². The van der Waals surface area contributed by atoms with Gasteiger partial charge in [-0.25, -0.2) is 14.4 Å². The maximum Gasteiger partial charge on any atom is 0.132 e. The fourth-order valence-corrected chi connectivity index (χ4v) is 3.25. The summed E-state index contributed by atoms with van der Waals surface area (Å²) in [5.41, 5.74) is 2.57. The molecule has 0 aliphatic heterocycles. The van der Waals surface area contributed by atoms with Gasteiger partial charge in [0.2, 0.25) is 0 Å². The summed E-state index contributed by atoms with van der Waals surface area (Å²) < 4.78 is 13.2. The van der Waals surface area contributed by atoms with E-state index in [9.17, 15) is 14.6 Å². The molecule has 0 saturated heterocycles. The number of nitrogens with zero attached hydrogens (tertiary/aromatic N) is 5. The molecular weight excluding hydrogens is 385 g/mol. The van der Waals surface area contributed by atoms with Gasteiger partial charge in [-0.1, -0.05) is 19.1 Å². The molecular formula is C22H26FN5O2. The van der Waals surface area contributed by atoms with Crippen molar-refractivity contribution in [1.82, 2.24) is 19.9 Å². The summed E-state index contributed by atoms with van der Waals surface area (Å²) in [6, 6.07) is 8.30. The minimum absolute atomic E-state index is 0.0508. The Hall–Kier alpha value is -2.97. The minimum atomic E-state index is -0.265. The van der Waals surface area contributed by atoms with Crippen molar-refractivity contribution in [3.05, 3.63) is 77.5 Å². The summed E-state index contributed by atoms with van der Waals surface area (Å²) in [4.78, 5) is 19.6. The predicted octanol–water partition coefficient (Wildman–Crippen LogP) is 2.13. The van der Waals surface area contributed by atoms with Crippen LogP contribution in [0.4, 0.5) is 10.2 Å². The third-order valence-corrected chi connectivity index (χ3v) is 4.78. The Morgan fingerprint density at radius 3 is 2.37 bits per heavy atom. The molecule has 0 fully saturated rings. The first kappa shape index (κ1) is 21.7. The van der Waals surface area contributed by atoms with Gasteiger partial charge in [-0.15, -0.1) is 0 Å². The van der Waals surface area contributed by atoms with Crippen molar-refractivity contribution in [1.29, 1.82) is 0 Å². The molecule has 158 valence electrons. The van der Waals surface area contributed by atoms with E-state index in [1.165, 1.54) is 12.1 Å². The molecule has 30 heavy (non-hydrogen) atoms. The molecule has 0 aliphatic rings. The third-order valence-electron chi connectivity index (χ3n) is 4.78. The molecule has 0 amide bonds. The fraction of sp³-hybridized carbons (Fsp3) is 0.364. The number of hydrogen-bond acceptors (Lipinski definition) is 7. The number of aliphatic hydroxyl groups excluding tert-OH is 2. The van der Waals surface area contributed by atoms with Crippen LogP contribution in [0.25, 0.3) is 0 Å². The summed E-state index contributed by atoms with van der Waals surface area (Å²) in [6.07, 6.45) is 6.02. The van der Waals surface area contributed by atoms with Gasteiger partial charge in [0.05, 0.1) is 24.6 Å². The van der Waals surface area contributed by atoms with E-state index in [2.05, 4.69) is 15.0 Å². The second kappa shape index (κ2) is 10.7. The standard InChI is InChI=1S/C22H26FN5O2/c1-16(17-2-4-18(23)5-3-17)12-21-26-19(13-20-15-24-6-7-25-20)14-22(27-21)28(8-10-29)9-11-30/h2-7,14-16,29-30H,8-13H2,1H3/t16-/m1/s1. The lowest BCUT2D eigenvalue weighted by Crippen LogP contribution is -2.31. The van der Waals surface area contributed by atoms with Gasteiger partial charge < -0.3 is 15.1 Å². The Balaban J connectivity index is 1.90. The van der Waals surface area contributed by atoms with Crippen molar-refractivity contribution in [2.24, 2.45) is 0 Å². The topological polar surface area (TPSA) is 95.3 Å². The van der Waals surface area contributed by atoms with Gasteiger partial charge in [0.1, 0.15) is 17.5 Å². The van der Waals surface area contributed by atoms with E-state index in [1.807, 2.05) is 17.9 Å². The van der Waals surface area contributed by atoms with Gasteiger partial charge in [0, 0.05) is 50.6 Å². The molecule has 0 radical (unpaired) electrons. The SMILES string of the molecule is C[C@H](Cc1nc(Cc2cnccn2)cc(N(CCO)CCO)n1)c1ccc(F)cc1. The van der Waals surface area contributed by atoms with E-state index in [0.717, 1.165) is 17.0 Å². The van der Waals surface area contributed by atoms with Gasteiger partial charge >= 0.3 is 0 Å². The lowest BCUT2D eigenvalue weighted by molar-refractivity contribution is 0.280. The molecule has 3 rings (SSSR count). The normalized spacial score (nSPS) is 12.0. The second-order valence-electron chi connectivity index (χ2n) is 7.10. The largest absolute Gasteiger partial charge is 0.395 e. The molecule has 0 spiro atoms. The quantitative estimate of drug-likeness (QED) is 0.528. The summed E-state index contributed by atoms with van der Waals surface area (Å²) in [5, 5.41) is 18.8. The lowest BCUT2D eigenvalue weighted by Gasteiger charge is -2.23. The average molecular weight is 411 g/mol. The van der Waals surface area contributed by atoms with E-state index in [0.29, 0.717) is 37.6 Å². The van der Waals surface area contributed by atoms with Crippen LogP contribution >= 0.6 is 0 Å². The van der Waals surface area contributed by atoms with Crippen LogP contribution in [0.3, 0.4) is 0 Å². The molecule has 2 N–H and O–H groups in total. The Kier molecular flexibility index (Phi) is 7.75. The van der Waals surface area contributed by atoms with E-state index in [1.54, 1.807) is 30.7 Å². The third kappa shape index (κ3) is 6.01. The van der Waals surface area contributed by atoms with Crippen LogP contribution < -0.4 is 4.90 Å². The van der Waals surface area contributed by atoms with Crippen molar-refractivity contribution in [2.45, 2.75) is 25.7 Å². The van der Waals surface area contributed by atoms with Crippen LogP contribution in [-0.4, -0.2) is 56.5 Å². The molecule has 7 nitrogen and oxygen atoms in total. The molecule has 2 aromatic heterocycles. The summed E-state index contributed by atoms with van der Waals surface area (Å²) in [5.74, 6) is 1.12. The van der Waals surface area contributed by atoms with Crippen LogP contribution in [0.15, 0.2) is 48.9 Å². The highest BCUT2D eigenvalue weighted by Crippen LogP contribution is 2.22. The summed E-state index contributed by atoms with van der Waals surface area (Å²) in [6.45, 7) is 2.66. The highest BCUT2D eigenvalue weighted by atomic mass is 19.1. The van der Waals surface area contributed by atoms with Crippen molar-refractivity contribution in [2.75, 3.05) is 31.2 Å². The van der Waals surface area contributed by atoms with Crippen molar-refractivity contribution in [3.63, 3.8) is 0 Å². The number of hydrogen-bond donors (Lipinski definition) is 2. The van der Waals surface area contributed by atoms with E-state index in [4.69, 9.17) is 4.98 Å². The fourth-order valence-electron chi connectivity index (χ4n) is 3.25. The van der Waals surface area contributed by atoms with E-state index >= 15 is 0 Å². The Morgan fingerprint density at radius 2 is 1.73 bits per heavy atom. The Morgan fingerprint density at radius 1 is 1.00 bits per heavy atom. The molecule has 2 heterocycles. The molecule has 1 aromatic carbocycles. The number of rotatable bonds is 10. The highest BCUT2D eigenvalue weighted by molar-refractivity contribution is 5.41. The highest BCUT2D eigenvalue weighted by Gasteiger charge is 2.15. The molecule has 0 saturated carbocycles. The zero-order valence-electron chi connectivity index (χ0n) is 16.9. The molecule has 0 aliphatic carbocycles. The van der Waals surface area contributed by atoms with Crippen LogP contribution in [0.1, 0.15) is 35.6 Å². The maximum atomic E-state index is 13.2. The predicted molar refractivity (Wildman–Crippen MR) is 112 cm³/mol. The van der Waals surface area contributed by atoms with Crippen LogP contribution in [-0.2, 0) is 12.8 Å². The molecule has 3 aromatic rings. The first-order chi connectivity index (χ1) is 14.6. The smallest absolute Gasteiger partial charge is 0.132 e. The average Bonchev–Trinajstić information content (AvgIpc) is 2.74. The zero-order chi connectivity index (χ0) is 21.3. The summed E-state index contributed by atoms with van der Waals surface area (Å²) >= 11 is 0. The zero-order valence-corrected chi connectivity index (χ0v) is 16.9. The maximum absolute atomic E-state index is 13.2. The summed E-state index contributed by atoms with van der Waals surface area (Å²) in [7, 11) is 0. The van der Waals surface area contributed by atoms with Gasteiger partial charge in [-0.3, -0.25) is 9.97 Å². The molecule has 8 heteroatoms. The van der Waals surface area contributed by atoms with Crippen molar-refractivity contribution >= 4 is 5.82 Å². The first-order valence-corrected chi connectivity index (χ1v) is 9.93. The number of aromatic nitrogens is 4. The van der Waals surface area contributed by atoms with Crippen molar-refractivity contribution in [3.8, 4) is 0 Å². The van der Waals surface area contributed by atoms with Gasteiger partial charge in [-0.05, 0) is 23.6 Å². The van der Waals surface area contributed by atoms with E-state index in [-0.39, 0.29) is 24.9 Å². The number of anilines is 1. The lowest BCUT2D eigenvalue weighted by atomic mass is 9.97. The molecule has 0 bridgehead atoms. The minimum Gasteiger partial charge on any atom is -0.395 e. The first-order valence-electron chi connectivity index (χ1n) is 9.93. The van der Waals surface area contributed by atoms with Crippen LogP contribution in [0.5, 0.6) is 0 Å². The van der Waals surface area contributed by atoms with Crippen molar-refractivity contribution < 1.29 is 14.6 Å². The Bertz CT molecular complexity index is 919. The Labute approximate surface area is 175 Å². The molecule has 0 unspecified atom stereocenters. The number of halogens is 1. The second-order valence-corrected chi connectivity index (χ2v) is 7.10. The van der Waals surface area contributed by atoms with Gasteiger partial charge in [0.15, 0.2) is 0 Å².